The first-order valence-electron chi connectivity index (χ1n) is 8.57. The quantitative estimate of drug-likeness (QED) is 0.869. The highest BCUT2D eigenvalue weighted by atomic mass is 16.2. The molecule has 2 aromatic rings. The Morgan fingerprint density at radius 2 is 1.79 bits per heavy atom. The molecule has 0 saturated carbocycles. The number of anilines is 3. The van der Waals surface area contributed by atoms with Crippen LogP contribution in [0.4, 0.5) is 17.1 Å². The lowest BCUT2D eigenvalue weighted by Crippen LogP contribution is -2.32. The Kier molecular flexibility index (Phi) is 3.77. The van der Waals surface area contributed by atoms with Crippen molar-refractivity contribution in [1.82, 2.24) is 4.90 Å². The number of hydrogen-bond donors (Lipinski definition) is 0. The SMILES string of the molecule is CN(C)CCC(=O)N1Cc2cccc3c2N(CC3)c2ccccc21. The van der Waals surface area contributed by atoms with Gasteiger partial charge in [-0.2, -0.15) is 0 Å². The lowest BCUT2D eigenvalue weighted by Gasteiger charge is -2.25. The summed E-state index contributed by atoms with van der Waals surface area (Å²) in [6, 6.07) is 14.8. The van der Waals surface area contributed by atoms with Gasteiger partial charge in [0.2, 0.25) is 5.91 Å². The zero-order valence-corrected chi connectivity index (χ0v) is 14.3. The van der Waals surface area contributed by atoms with Gasteiger partial charge in [0.15, 0.2) is 0 Å². The second kappa shape index (κ2) is 5.95. The highest BCUT2D eigenvalue weighted by Crippen LogP contribution is 2.45. The van der Waals surface area contributed by atoms with E-state index in [0.29, 0.717) is 13.0 Å². The molecule has 124 valence electrons. The van der Waals surface area contributed by atoms with E-state index in [1.807, 2.05) is 25.1 Å². The van der Waals surface area contributed by atoms with E-state index in [9.17, 15) is 4.79 Å². The molecule has 0 saturated heterocycles. The van der Waals surface area contributed by atoms with Gasteiger partial charge in [-0.15, -0.1) is 0 Å². The van der Waals surface area contributed by atoms with Gasteiger partial charge in [-0.3, -0.25) is 4.79 Å². The first kappa shape index (κ1) is 15.2. The normalized spacial score (nSPS) is 15.3. The van der Waals surface area contributed by atoms with Gasteiger partial charge in [-0.25, -0.2) is 0 Å². The third kappa shape index (κ3) is 2.47. The standard InChI is InChI=1S/C20H23N3O/c1-21(2)12-11-19(24)23-14-16-7-5-6-15-10-13-22(20(15)16)17-8-3-4-9-18(17)23/h3-9H,10-14H2,1-2H3. The molecule has 2 aromatic carbocycles. The third-order valence-electron chi connectivity index (χ3n) is 4.94. The molecule has 0 aliphatic carbocycles. The van der Waals surface area contributed by atoms with E-state index in [4.69, 9.17) is 0 Å². The van der Waals surface area contributed by atoms with E-state index < -0.39 is 0 Å². The number of carbonyl (C=O) groups is 1. The molecule has 24 heavy (non-hydrogen) atoms. The fraction of sp³-hybridized carbons (Fsp3) is 0.350. The van der Waals surface area contributed by atoms with Gasteiger partial charge in [0.25, 0.3) is 0 Å². The van der Waals surface area contributed by atoms with Crippen LogP contribution in [-0.4, -0.2) is 38.0 Å². The minimum absolute atomic E-state index is 0.190. The topological polar surface area (TPSA) is 26.8 Å². The molecule has 0 radical (unpaired) electrons. The van der Waals surface area contributed by atoms with Crippen LogP contribution in [0.2, 0.25) is 0 Å². The highest BCUT2D eigenvalue weighted by molar-refractivity contribution is 5.99. The molecule has 4 nitrogen and oxygen atoms in total. The first-order valence-corrected chi connectivity index (χ1v) is 8.57. The summed E-state index contributed by atoms with van der Waals surface area (Å²) in [4.78, 5) is 19.3. The number of para-hydroxylation sites is 3. The zero-order valence-electron chi connectivity index (χ0n) is 14.3. The lowest BCUT2D eigenvalue weighted by atomic mass is 10.1. The third-order valence-corrected chi connectivity index (χ3v) is 4.94. The van der Waals surface area contributed by atoms with Crippen LogP contribution in [-0.2, 0) is 17.8 Å². The number of carbonyl (C=O) groups excluding carboxylic acids is 1. The van der Waals surface area contributed by atoms with Crippen LogP contribution in [0.1, 0.15) is 17.5 Å². The van der Waals surface area contributed by atoms with Crippen LogP contribution in [0, 0.1) is 0 Å². The fourth-order valence-electron chi connectivity index (χ4n) is 3.76. The molecule has 0 fully saturated rings. The highest BCUT2D eigenvalue weighted by Gasteiger charge is 2.32. The molecule has 0 atom stereocenters. The van der Waals surface area contributed by atoms with Crippen molar-refractivity contribution in [3.05, 3.63) is 53.6 Å². The molecule has 2 aliphatic rings. The number of hydrogen-bond acceptors (Lipinski definition) is 3. The molecule has 1 amide bonds. The minimum Gasteiger partial charge on any atom is -0.339 e. The Labute approximate surface area is 143 Å². The summed E-state index contributed by atoms with van der Waals surface area (Å²) in [5.74, 6) is 0.190. The Morgan fingerprint density at radius 1 is 1.04 bits per heavy atom. The van der Waals surface area contributed by atoms with E-state index in [-0.39, 0.29) is 5.91 Å². The summed E-state index contributed by atoms with van der Waals surface area (Å²) in [5, 5.41) is 0. The van der Waals surface area contributed by atoms with Gasteiger partial charge in [-0.05, 0) is 43.8 Å². The van der Waals surface area contributed by atoms with Crippen molar-refractivity contribution in [3.63, 3.8) is 0 Å². The van der Waals surface area contributed by atoms with E-state index in [1.54, 1.807) is 0 Å². The van der Waals surface area contributed by atoms with Gasteiger partial charge in [0.05, 0.1) is 17.9 Å². The fourth-order valence-corrected chi connectivity index (χ4v) is 3.76. The van der Waals surface area contributed by atoms with Crippen molar-refractivity contribution in [3.8, 4) is 0 Å². The summed E-state index contributed by atoms with van der Waals surface area (Å²) in [7, 11) is 4.01. The first-order chi connectivity index (χ1) is 11.6. The van der Waals surface area contributed by atoms with E-state index in [0.717, 1.165) is 30.9 Å². The molecular weight excluding hydrogens is 298 g/mol. The average Bonchev–Trinajstić information content (AvgIpc) is 2.96. The Hall–Kier alpha value is -2.33. The number of nitrogens with zero attached hydrogens (tertiary/aromatic N) is 3. The molecule has 0 bridgehead atoms. The zero-order chi connectivity index (χ0) is 16.7. The lowest BCUT2D eigenvalue weighted by molar-refractivity contribution is -0.119. The summed E-state index contributed by atoms with van der Waals surface area (Å²) in [5.41, 5.74) is 6.14. The van der Waals surface area contributed by atoms with Gasteiger partial charge in [-0.1, -0.05) is 30.3 Å². The molecule has 0 N–H and O–H groups in total. The van der Waals surface area contributed by atoms with E-state index >= 15 is 0 Å². The van der Waals surface area contributed by atoms with Crippen LogP contribution < -0.4 is 9.80 Å². The second-order valence-corrected chi connectivity index (χ2v) is 6.85. The number of fused-ring (bicyclic) bond motifs is 2. The Morgan fingerprint density at radius 3 is 2.58 bits per heavy atom. The smallest absolute Gasteiger partial charge is 0.228 e. The van der Waals surface area contributed by atoms with Crippen molar-refractivity contribution in [2.45, 2.75) is 19.4 Å². The van der Waals surface area contributed by atoms with Crippen molar-refractivity contribution in [2.24, 2.45) is 0 Å². The van der Waals surface area contributed by atoms with Gasteiger partial charge >= 0.3 is 0 Å². The van der Waals surface area contributed by atoms with Crippen molar-refractivity contribution < 1.29 is 4.79 Å². The van der Waals surface area contributed by atoms with Crippen molar-refractivity contribution in [1.29, 1.82) is 0 Å². The van der Waals surface area contributed by atoms with Crippen molar-refractivity contribution >= 4 is 23.0 Å². The van der Waals surface area contributed by atoms with E-state index in [2.05, 4.69) is 46.2 Å². The van der Waals surface area contributed by atoms with E-state index in [1.165, 1.54) is 16.8 Å². The monoisotopic (exact) mass is 321 g/mol. The Bertz CT molecular complexity index is 784. The number of amides is 1. The number of rotatable bonds is 3. The predicted octanol–water partition coefficient (Wildman–Crippen LogP) is 3.18. The minimum atomic E-state index is 0.190. The maximum absolute atomic E-state index is 12.9. The average molecular weight is 321 g/mol. The molecule has 0 spiro atoms. The van der Waals surface area contributed by atoms with Crippen LogP contribution in [0.3, 0.4) is 0 Å². The molecular formula is C20H23N3O. The van der Waals surface area contributed by atoms with Gasteiger partial charge < -0.3 is 14.7 Å². The predicted molar refractivity (Wildman–Crippen MR) is 98.0 cm³/mol. The van der Waals surface area contributed by atoms with Crippen LogP contribution >= 0.6 is 0 Å². The molecule has 4 rings (SSSR count). The molecule has 2 heterocycles. The summed E-state index contributed by atoms with van der Waals surface area (Å²) >= 11 is 0. The van der Waals surface area contributed by atoms with Crippen LogP contribution in [0.25, 0.3) is 0 Å². The van der Waals surface area contributed by atoms with Crippen LogP contribution in [0.15, 0.2) is 42.5 Å². The molecule has 2 aliphatic heterocycles. The molecule has 0 unspecified atom stereocenters. The van der Waals surface area contributed by atoms with Crippen molar-refractivity contribution in [2.75, 3.05) is 37.0 Å². The van der Waals surface area contributed by atoms with Gasteiger partial charge in [0, 0.05) is 25.2 Å². The maximum atomic E-state index is 12.9. The largest absolute Gasteiger partial charge is 0.339 e. The maximum Gasteiger partial charge on any atom is 0.228 e. The Balaban J connectivity index is 1.79. The molecule has 0 aromatic heterocycles. The summed E-state index contributed by atoms with van der Waals surface area (Å²) in [6.07, 6.45) is 1.61. The van der Waals surface area contributed by atoms with Crippen LogP contribution in [0.5, 0.6) is 0 Å². The summed E-state index contributed by atoms with van der Waals surface area (Å²) in [6.45, 7) is 2.42. The second-order valence-electron chi connectivity index (χ2n) is 6.85. The van der Waals surface area contributed by atoms with Gasteiger partial charge in [0.1, 0.15) is 0 Å². The number of benzene rings is 2. The summed E-state index contributed by atoms with van der Waals surface area (Å²) < 4.78 is 0. The molecule has 4 heteroatoms.